The van der Waals surface area contributed by atoms with E-state index in [0.717, 1.165) is 12.8 Å². The van der Waals surface area contributed by atoms with Gasteiger partial charge in [-0.25, -0.2) is 8.42 Å². The summed E-state index contributed by atoms with van der Waals surface area (Å²) in [4.78, 5) is 12.0. The summed E-state index contributed by atoms with van der Waals surface area (Å²) < 4.78 is 38.5. The van der Waals surface area contributed by atoms with Crippen molar-refractivity contribution in [1.82, 2.24) is 4.72 Å². The second-order valence-corrected chi connectivity index (χ2v) is 8.25. The molecule has 0 amide bonds. The number of rotatable bonds is 5. The summed E-state index contributed by atoms with van der Waals surface area (Å²) in [7, 11) is -1.43. The van der Waals surface area contributed by atoms with E-state index in [1.54, 1.807) is 0 Å². The van der Waals surface area contributed by atoms with Crippen LogP contribution in [0.1, 0.15) is 25.7 Å². The quantitative estimate of drug-likeness (QED) is 0.732. The molecule has 1 N–H and O–H groups in total. The van der Waals surface area contributed by atoms with Crippen LogP contribution < -0.4 is 9.46 Å². The molecule has 0 heterocycles. The molecule has 0 atom stereocenters. The van der Waals surface area contributed by atoms with Crippen LogP contribution in [0.4, 0.5) is 0 Å². The van der Waals surface area contributed by atoms with Crippen LogP contribution in [0, 0.1) is 0 Å². The van der Waals surface area contributed by atoms with Gasteiger partial charge in [-0.1, -0.05) is 24.4 Å². The van der Waals surface area contributed by atoms with E-state index in [1.165, 1.54) is 26.4 Å². The van der Waals surface area contributed by atoms with Crippen molar-refractivity contribution in [1.29, 1.82) is 0 Å². The molecule has 0 aromatic heterocycles. The topological polar surface area (TPSA) is 81.7 Å². The lowest BCUT2D eigenvalue weighted by molar-refractivity contribution is -0.147. The first-order chi connectivity index (χ1) is 10.8. The van der Waals surface area contributed by atoms with Crippen LogP contribution in [-0.4, -0.2) is 34.1 Å². The molecule has 23 heavy (non-hydrogen) atoms. The highest BCUT2D eigenvalue weighted by atomic mass is 79.9. The Bertz CT molecular complexity index is 716. The average Bonchev–Trinajstić information content (AvgIpc) is 2.94. The lowest BCUT2D eigenvalue weighted by Gasteiger charge is -2.27. The van der Waals surface area contributed by atoms with E-state index >= 15 is 0 Å². The number of hydrogen-bond acceptors (Lipinski definition) is 5. The highest BCUT2D eigenvalue weighted by Crippen LogP contribution is 2.38. The lowest BCUT2D eigenvalue weighted by atomic mass is 10.00. The lowest BCUT2D eigenvalue weighted by Crippen LogP contribution is -2.53. The maximum atomic E-state index is 12.8. The third-order valence-electron chi connectivity index (χ3n) is 3.83. The Balaban J connectivity index is 2.49. The molecule has 6 nitrogen and oxygen atoms in total. The van der Waals surface area contributed by atoms with Crippen LogP contribution >= 0.6 is 27.5 Å². The first-order valence-electron chi connectivity index (χ1n) is 6.91. The van der Waals surface area contributed by atoms with E-state index in [9.17, 15) is 13.2 Å². The monoisotopic (exact) mass is 425 g/mol. The standard InChI is InChI=1S/C14H17BrClNO5S/c1-21-12-10(15)7-9(16)8-11(12)23(19,20)17-14(13(18)22-2)5-3-4-6-14/h7-8,17H,3-6H2,1-2H3. The Morgan fingerprint density at radius 3 is 2.43 bits per heavy atom. The highest BCUT2D eigenvalue weighted by Gasteiger charge is 2.46. The number of carbonyl (C=O) groups is 1. The van der Waals surface area contributed by atoms with Crippen molar-refractivity contribution in [3.05, 3.63) is 21.6 Å². The SMILES string of the molecule is COC(=O)C1(NS(=O)(=O)c2cc(Cl)cc(Br)c2OC)CCCC1. The maximum Gasteiger partial charge on any atom is 0.327 e. The van der Waals surface area contributed by atoms with Gasteiger partial charge in [-0.2, -0.15) is 4.72 Å². The van der Waals surface area contributed by atoms with Crippen LogP contribution in [0.25, 0.3) is 0 Å². The zero-order valence-electron chi connectivity index (χ0n) is 12.7. The summed E-state index contributed by atoms with van der Waals surface area (Å²) in [5.41, 5.74) is -1.24. The molecular formula is C14H17BrClNO5S. The maximum absolute atomic E-state index is 12.8. The Morgan fingerprint density at radius 2 is 1.91 bits per heavy atom. The Kier molecular flexibility index (Phi) is 5.60. The van der Waals surface area contributed by atoms with Crippen LogP contribution in [0.3, 0.4) is 0 Å². The van der Waals surface area contributed by atoms with Gasteiger partial charge in [0.25, 0.3) is 0 Å². The Morgan fingerprint density at radius 1 is 1.30 bits per heavy atom. The van der Waals surface area contributed by atoms with E-state index in [0.29, 0.717) is 17.3 Å². The largest absolute Gasteiger partial charge is 0.494 e. The van der Waals surface area contributed by atoms with Crippen LogP contribution in [0.2, 0.25) is 5.02 Å². The molecule has 128 valence electrons. The fourth-order valence-electron chi connectivity index (χ4n) is 2.77. The minimum absolute atomic E-state index is 0.125. The van der Waals surface area contributed by atoms with E-state index in [-0.39, 0.29) is 15.7 Å². The van der Waals surface area contributed by atoms with Crippen LogP contribution in [0.15, 0.2) is 21.5 Å². The number of ether oxygens (including phenoxy) is 2. The number of esters is 1. The minimum Gasteiger partial charge on any atom is -0.494 e. The smallest absolute Gasteiger partial charge is 0.327 e. The molecule has 9 heteroatoms. The molecule has 1 saturated carbocycles. The van der Waals surface area contributed by atoms with Crippen molar-refractivity contribution in [3.8, 4) is 5.75 Å². The van der Waals surface area contributed by atoms with Gasteiger partial charge in [0.2, 0.25) is 10.0 Å². The molecule has 0 saturated heterocycles. The fourth-order valence-corrected chi connectivity index (χ4v) is 5.57. The third-order valence-corrected chi connectivity index (χ3v) is 6.18. The Hall–Kier alpha value is -0.830. The highest BCUT2D eigenvalue weighted by molar-refractivity contribution is 9.10. The second-order valence-electron chi connectivity index (χ2n) is 5.31. The molecule has 0 bridgehead atoms. The third kappa shape index (κ3) is 3.65. The number of benzene rings is 1. The summed E-state index contributed by atoms with van der Waals surface area (Å²) in [5, 5.41) is 0.233. The van der Waals surface area contributed by atoms with E-state index in [2.05, 4.69) is 20.7 Å². The van der Waals surface area contributed by atoms with Gasteiger partial charge in [-0.05, 0) is 40.9 Å². The van der Waals surface area contributed by atoms with Crippen molar-refractivity contribution in [3.63, 3.8) is 0 Å². The predicted molar refractivity (Wildman–Crippen MR) is 89.2 cm³/mol. The minimum atomic E-state index is -4.04. The Labute approximate surface area is 148 Å². The van der Waals surface area contributed by atoms with Gasteiger partial charge in [-0.15, -0.1) is 0 Å². The number of carbonyl (C=O) groups excluding carboxylic acids is 1. The predicted octanol–water partition coefficient (Wildman–Crippen LogP) is 2.88. The molecular weight excluding hydrogens is 410 g/mol. The molecule has 1 aromatic rings. The molecule has 1 aliphatic rings. The molecule has 0 unspecified atom stereocenters. The number of nitrogens with one attached hydrogen (secondary N) is 1. The summed E-state index contributed by atoms with van der Waals surface area (Å²) in [6.07, 6.45) is 2.27. The first kappa shape index (κ1) is 18.5. The van der Waals surface area contributed by atoms with E-state index < -0.39 is 21.5 Å². The van der Waals surface area contributed by atoms with Gasteiger partial charge in [0.05, 0.1) is 18.7 Å². The van der Waals surface area contributed by atoms with Gasteiger partial charge < -0.3 is 9.47 Å². The van der Waals surface area contributed by atoms with Crippen LogP contribution in [-0.2, 0) is 19.6 Å². The van der Waals surface area contributed by atoms with Gasteiger partial charge in [0.15, 0.2) is 5.75 Å². The van der Waals surface area contributed by atoms with Gasteiger partial charge >= 0.3 is 5.97 Å². The molecule has 0 aliphatic heterocycles. The second kappa shape index (κ2) is 6.96. The summed E-state index contributed by atoms with van der Waals surface area (Å²) in [6, 6.07) is 2.82. The molecule has 1 aliphatic carbocycles. The van der Waals surface area contributed by atoms with Crippen molar-refractivity contribution in [2.75, 3.05) is 14.2 Å². The van der Waals surface area contributed by atoms with Gasteiger partial charge in [0.1, 0.15) is 10.4 Å². The zero-order valence-corrected chi connectivity index (χ0v) is 15.8. The molecule has 2 rings (SSSR count). The fraction of sp³-hybridized carbons (Fsp3) is 0.500. The first-order valence-corrected chi connectivity index (χ1v) is 9.56. The van der Waals surface area contributed by atoms with Gasteiger partial charge in [-0.3, -0.25) is 4.79 Å². The number of sulfonamides is 1. The number of methoxy groups -OCH3 is 2. The van der Waals surface area contributed by atoms with E-state index in [4.69, 9.17) is 21.1 Å². The summed E-state index contributed by atoms with van der Waals surface area (Å²) in [5.74, 6) is -0.460. The van der Waals surface area contributed by atoms with Crippen molar-refractivity contribution < 1.29 is 22.7 Å². The summed E-state index contributed by atoms with van der Waals surface area (Å²) in [6.45, 7) is 0. The average molecular weight is 427 g/mol. The summed E-state index contributed by atoms with van der Waals surface area (Å²) >= 11 is 9.18. The van der Waals surface area contributed by atoms with Crippen molar-refractivity contribution in [2.24, 2.45) is 0 Å². The van der Waals surface area contributed by atoms with Gasteiger partial charge in [0, 0.05) is 5.02 Å². The molecule has 0 spiro atoms. The molecule has 1 fully saturated rings. The van der Waals surface area contributed by atoms with Crippen LogP contribution in [0.5, 0.6) is 5.75 Å². The number of halogens is 2. The number of hydrogen-bond donors (Lipinski definition) is 1. The van der Waals surface area contributed by atoms with E-state index in [1.807, 2.05) is 0 Å². The zero-order chi connectivity index (χ0) is 17.3. The molecule has 1 aromatic carbocycles. The molecule has 0 radical (unpaired) electrons. The van der Waals surface area contributed by atoms with Crippen molar-refractivity contribution >= 4 is 43.5 Å². The van der Waals surface area contributed by atoms with Crippen molar-refractivity contribution in [2.45, 2.75) is 36.1 Å². The normalized spacial score (nSPS) is 17.0.